The summed E-state index contributed by atoms with van der Waals surface area (Å²) in [5.41, 5.74) is 0.874. The molecule has 0 saturated heterocycles. The summed E-state index contributed by atoms with van der Waals surface area (Å²) in [6.45, 7) is 9.85. The molecule has 0 saturated carbocycles. The van der Waals surface area contributed by atoms with Gasteiger partial charge in [0, 0.05) is 6.21 Å². The van der Waals surface area contributed by atoms with Crippen LogP contribution in [0.5, 0.6) is 0 Å². The van der Waals surface area contributed by atoms with E-state index >= 15 is 0 Å². The maximum absolute atomic E-state index is 4.46. The molecule has 13 heavy (non-hydrogen) atoms. The molecule has 0 spiro atoms. The zero-order valence-corrected chi connectivity index (χ0v) is 9.09. The molecular formula is C11H20N2. The molecule has 0 aliphatic rings. The van der Waals surface area contributed by atoms with E-state index in [4.69, 9.17) is 0 Å². The van der Waals surface area contributed by atoms with E-state index in [0.29, 0.717) is 0 Å². The second-order valence-electron chi connectivity index (χ2n) is 3.13. The third kappa shape index (κ3) is 3.55. The smallest absolute Gasteiger partial charge is 0.128 e. The summed E-state index contributed by atoms with van der Waals surface area (Å²) in [6, 6.07) is 0. The van der Waals surface area contributed by atoms with Crippen LogP contribution in [0.2, 0.25) is 0 Å². The lowest BCUT2D eigenvalue weighted by molar-refractivity contribution is 0.475. The average molecular weight is 180 g/mol. The number of aliphatic imine (C=N–C) groups is 1. The third-order valence-corrected chi connectivity index (χ3v) is 2.15. The Balaban J connectivity index is 4.71. The molecule has 0 heterocycles. The SMILES string of the molecule is C=C/C=C(\C)[C@](C)(N=CCC)NC. The summed E-state index contributed by atoms with van der Waals surface area (Å²) in [6.07, 6.45) is 6.64. The number of nitrogens with zero attached hydrogens (tertiary/aromatic N) is 1. The minimum Gasteiger partial charge on any atom is -0.293 e. The molecule has 0 rings (SSSR count). The summed E-state index contributed by atoms with van der Waals surface area (Å²) in [5, 5.41) is 3.18. The van der Waals surface area contributed by atoms with Gasteiger partial charge >= 0.3 is 0 Å². The van der Waals surface area contributed by atoms with Crippen LogP contribution in [-0.2, 0) is 0 Å². The van der Waals surface area contributed by atoms with Crippen LogP contribution in [0.1, 0.15) is 27.2 Å². The van der Waals surface area contributed by atoms with Crippen molar-refractivity contribution in [1.82, 2.24) is 5.32 Å². The molecular weight excluding hydrogens is 160 g/mol. The Bertz CT molecular complexity index is 216. The summed E-state index contributed by atoms with van der Waals surface area (Å²) in [7, 11) is 1.91. The summed E-state index contributed by atoms with van der Waals surface area (Å²) in [5.74, 6) is 0. The zero-order valence-electron chi connectivity index (χ0n) is 9.09. The number of rotatable bonds is 5. The first-order valence-corrected chi connectivity index (χ1v) is 4.63. The standard InChI is InChI=1S/C11H20N2/c1-6-8-10(3)11(4,12-5)13-9-7-2/h6,8-9,12H,1,7H2,2-5H3/b10-8+,13-9?/t11-/m0/s1. The second kappa shape index (κ2) is 5.70. The fourth-order valence-electron chi connectivity index (χ4n) is 0.976. The van der Waals surface area contributed by atoms with Crippen molar-refractivity contribution in [3.05, 3.63) is 24.3 Å². The molecule has 0 amide bonds. The van der Waals surface area contributed by atoms with Gasteiger partial charge < -0.3 is 0 Å². The molecule has 0 radical (unpaired) electrons. The molecule has 2 heteroatoms. The van der Waals surface area contributed by atoms with E-state index in [9.17, 15) is 0 Å². The molecule has 0 unspecified atom stereocenters. The Morgan fingerprint density at radius 1 is 1.62 bits per heavy atom. The van der Waals surface area contributed by atoms with Crippen LogP contribution < -0.4 is 5.32 Å². The van der Waals surface area contributed by atoms with Crippen molar-refractivity contribution in [3.8, 4) is 0 Å². The van der Waals surface area contributed by atoms with Gasteiger partial charge in [0.25, 0.3) is 0 Å². The number of allylic oxidation sites excluding steroid dienone is 2. The minimum atomic E-state index is -0.287. The summed E-state index contributed by atoms with van der Waals surface area (Å²) >= 11 is 0. The van der Waals surface area contributed by atoms with Crippen molar-refractivity contribution in [2.45, 2.75) is 32.9 Å². The lowest BCUT2D eigenvalue weighted by atomic mass is 10.0. The highest BCUT2D eigenvalue weighted by molar-refractivity contribution is 5.58. The van der Waals surface area contributed by atoms with E-state index in [1.54, 1.807) is 6.08 Å². The molecule has 0 aliphatic heterocycles. The van der Waals surface area contributed by atoms with E-state index in [2.05, 4.69) is 30.7 Å². The molecule has 1 atom stereocenters. The molecule has 0 aromatic heterocycles. The molecule has 0 aromatic carbocycles. The Hall–Kier alpha value is -0.890. The van der Waals surface area contributed by atoms with Crippen molar-refractivity contribution in [1.29, 1.82) is 0 Å². The largest absolute Gasteiger partial charge is 0.293 e. The van der Waals surface area contributed by atoms with Crippen molar-refractivity contribution >= 4 is 6.21 Å². The maximum atomic E-state index is 4.46. The van der Waals surface area contributed by atoms with Crippen LogP contribution in [0, 0.1) is 0 Å². The predicted molar refractivity (Wildman–Crippen MR) is 60.2 cm³/mol. The molecule has 1 N–H and O–H groups in total. The van der Waals surface area contributed by atoms with Gasteiger partial charge in [-0.2, -0.15) is 0 Å². The monoisotopic (exact) mass is 180 g/mol. The molecule has 0 aromatic rings. The lowest BCUT2D eigenvalue weighted by Crippen LogP contribution is -2.38. The van der Waals surface area contributed by atoms with Crippen LogP contribution in [0.4, 0.5) is 0 Å². The van der Waals surface area contributed by atoms with Crippen molar-refractivity contribution in [3.63, 3.8) is 0 Å². The fraction of sp³-hybridized carbons (Fsp3) is 0.545. The number of hydrogen-bond donors (Lipinski definition) is 1. The maximum Gasteiger partial charge on any atom is 0.128 e. The number of hydrogen-bond acceptors (Lipinski definition) is 2. The molecule has 74 valence electrons. The highest BCUT2D eigenvalue weighted by atomic mass is 15.1. The highest BCUT2D eigenvalue weighted by Gasteiger charge is 2.20. The van der Waals surface area contributed by atoms with E-state index in [-0.39, 0.29) is 5.66 Å². The Morgan fingerprint density at radius 3 is 2.62 bits per heavy atom. The Labute approximate surface area is 81.5 Å². The first kappa shape index (κ1) is 12.1. The van der Waals surface area contributed by atoms with Gasteiger partial charge in [-0.1, -0.05) is 25.7 Å². The Kier molecular flexibility index (Phi) is 5.31. The van der Waals surface area contributed by atoms with Gasteiger partial charge in [-0.25, -0.2) is 0 Å². The topological polar surface area (TPSA) is 24.4 Å². The first-order valence-electron chi connectivity index (χ1n) is 4.63. The average Bonchev–Trinajstić information content (AvgIpc) is 2.14. The van der Waals surface area contributed by atoms with Crippen LogP contribution in [0.3, 0.4) is 0 Å². The van der Waals surface area contributed by atoms with Gasteiger partial charge in [-0.3, -0.25) is 10.3 Å². The normalized spacial score (nSPS) is 17.4. The van der Waals surface area contributed by atoms with Crippen LogP contribution >= 0.6 is 0 Å². The van der Waals surface area contributed by atoms with E-state index in [1.807, 2.05) is 26.3 Å². The van der Waals surface area contributed by atoms with Gasteiger partial charge in [0.1, 0.15) is 5.66 Å². The van der Waals surface area contributed by atoms with Gasteiger partial charge in [-0.15, -0.1) is 0 Å². The van der Waals surface area contributed by atoms with E-state index in [0.717, 1.165) is 12.0 Å². The summed E-state index contributed by atoms with van der Waals surface area (Å²) in [4.78, 5) is 4.46. The molecule has 2 nitrogen and oxygen atoms in total. The second-order valence-corrected chi connectivity index (χ2v) is 3.13. The van der Waals surface area contributed by atoms with E-state index in [1.165, 1.54) is 0 Å². The fourth-order valence-corrected chi connectivity index (χ4v) is 0.976. The van der Waals surface area contributed by atoms with Crippen molar-refractivity contribution in [2.75, 3.05) is 7.05 Å². The first-order chi connectivity index (χ1) is 6.10. The third-order valence-electron chi connectivity index (χ3n) is 2.15. The quantitative estimate of drug-likeness (QED) is 0.510. The van der Waals surface area contributed by atoms with Crippen LogP contribution in [0.15, 0.2) is 29.3 Å². The molecule has 0 fully saturated rings. The van der Waals surface area contributed by atoms with E-state index < -0.39 is 0 Å². The van der Waals surface area contributed by atoms with Gasteiger partial charge in [-0.05, 0) is 32.9 Å². The molecule has 0 aliphatic carbocycles. The minimum absolute atomic E-state index is 0.287. The van der Waals surface area contributed by atoms with Crippen LogP contribution in [-0.4, -0.2) is 18.9 Å². The van der Waals surface area contributed by atoms with Crippen LogP contribution in [0.25, 0.3) is 0 Å². The number of nitrogens with one attached hydrogen (secondary N) is 1. The zero-order chi connectivity index (χ0) is 10.3. The van der Waals surface area contributed by atoms with Crippen molar-refractivity contribution < 1.29 is 0 Å². The van der Waals surface area contributed by atoms with Gasteiger partial charge in [0.15, 0.2) is 0 Å². The van der Waals surface area contributed by atoms with Gasteiger partial charge in [0.05, 0.1) is 0 Å². The summed E-state index contributed by atoms with van der Waals surface area (Å²) < 4.78 is 0. The number of likely N-dealkylation sites (N-methyl/N-ethyl adjacent to an activating group) is 1. The van der Waals surface area contributed by atoms with Gasteiger partial charge in [0.2, 0.25) is 0 Å². The lowest BCUT2D eigenvalue weighted by Gasteiger charge is -2.25. The Morgan fingerprint density at radius 2 is 2.23 bits per heavy atom. The molecule has 0 bridgehead atoms. The highest BCUT2D eigenvalue weighted by Crippen LogP contribution is 2.16. The van der Waals surface area contributed by atoms with Crippen molar-refractivity contribution in [2.24, 2.45) is 4.99 Å². The predicted octanol–water partition coefficient (Wildman–Crippen LogP) is 2.54.